The first-order chi connectivity index (χ1) is 8.92. The van der Waals surface area contributed by atoms with Gasteiger partial charge in [0, 0.05) is 36.1 Å². The van der Waals surface area contributed by atoms with E-state index in [1.807, 2.05) is 24.4 Å². The second kappa shape index (κ2) is 3.50. The molecule has 4 nitrogen and oxygen atoms in total. The first kappa shape index (κ1) is 9.53. The van der Waals surface area contributed by atoms with Crippen molar-refractivity contribution in [2.75, 3.05) is 0 Å². The lowest BCUT2D eigenvalue weighted by molar-refractivity contribution is 1.04. The van der Waals surface area contributed by atoms with E-state index in [0.717, 1.165) is 23.2 Å². The predicted octanol–water partition coefficient (Wildman–Crippen LogP) is 1.63. The van der Waals surface area contributed by atoms with Gasteiger partial charge in [-0.3, -0.25) is 9.38 Å². The average molecular weight is 234 g/mol. The van der Waals surface area contributed by atoms with E-state index in [1.165, 1.54) is 11.1 Å². The summed E-state index contributed by atoms with van der Waals surface area (Å²) in [6, 6.07) is 10.3. The summed E-state index contributed by atoms with van der Waals surface area (Å²) in [7, 11) is 0. The van der Waals surface area contributed by atoms with Crippen molar-refractivity contribution in [2.24, 2.45) is 10.2 Å². The maximum absolute atomic E-state index is 4.29. The second-order valence-electron chi connectivity index (χ2n) is 4.36. The SMILES string of the molecule is c1cc2cc3c(n2c1)=NN=C3Cc1ccncc1. The molecule has 0 atom stereocenters. The number of pyridine rings is 1. The summed E-state index contributed by atoms with van der Waals surface area (Å²) < 4.78 is 2.07. The molecule has 0 saturated heterocycles. The van der Waals surface area contributed by atoms with Crippen LogP contribution in [0.2, 0.25) is 0 Å². The summed E-state index contributed by atoms with van der Waals surface area (Å²) in [5.74, 6) is 0. The highest BCUT2D eigenvalue weighted by Crippen LogP contribution is 2.13. The van der Waals surface area contributed by atoms with Gasteiger partial charge in [0.1, 0.15) is 0 Å². The van der Waals surface area contributed by atoms with Crippen molar-refractivity contribution in [3.05, 3.63) is 65.5 Å². The molecule has 18 heavy (non-hydrogen) atoms. The van der Waals surface area contributed by atoms with Crippen LogP contribution >= 0.6 is 0 Å². The van der Waals surface area contributed by atoms with Crippen LogP contribution in [0.15, 0.2) is 59.1 Å². The van der Waals surface area contributed by atoms with Gasteiger partial charge in [-0.15, -0.1) is 5.10 Å². The standard InChI is InChI=1S/C14H10N4/c1-2-11-9-12-13(8-10-3-5-15-6-4-10)16-17-14(12)18(11)7-1/h1-7,9H,8H2. The molecule has 0 aromatic carbocycles. The fourth-order valence-electron chi connectivity index (χ4n) is 2.35. The van der Waals surface area contributed by atoms with E-state index >= 15 is 0 Å². The van der Waals surface area contributed by atoms with Gasteiger partial charge in [-0.2, -0.15) is 5.10 Å². The molecule has 0 aliphatic carbocycles. The quantitative estimate of drug-likeness (QED) is 0.664. The molecule has 0 fully saturated rings. The molecule has 4 rings (SSSR count). The molecule has 0 unspecified atom stereocenters. The van der Waals surface area contributed by atoms with E-state index in [-0.39, 0.29) is 0 Å². The Morgan fingerprint density at radius 1 is 1.06 bits per heavy atom. The highest BCUT2D eigenvalue weighted by atomic mass is 15.3. The van der Waals surface area contributed by atoms with E-state index in [4.69, 9.17) is 0 Å². The van der Waals surface area contributed by atoms with Gasteiger partial charge in [0.15, 0.2) is 5.49 Å². The van der Waals surface area contributed by atoms with E-state index in [1.54, 1.807) is 12.4 Å². The number of rotatable bonds is 2. The van der Waals surface area contributed by atoms with Crippen LogP contribution in [0.25, 0.3) is 5.52 Å². The largest absolute Gasteiger partial charge is 0.300 e. The highest BCUT2D eigenvalue weighted by Gasteiger charge is 2.16. The Bertz CT molecular complexity index is 799. The minimum Gasteiger partial charge on any atom is -0.300 e. The van der Waals surface area contributed by atoms with Crippen molar-refractivity contribution in [2.45, 2.75) is 6.42 Å². The summed E-state index contributed by atoms with van der Waals surface area (Å²) in [6.45, 7) is 0. The molecule has 3 aromatic heterocycles. The van der Waals surface area contributed by atoms with Crippen LogP contribution in [-0.2, 0) is 6.42 Å². The van der Waals surface area contributed by atoms with Crippen molar-refractivity contribution >= 4 is 11.2 Å². The molecular formula is C14H10N4. The topological polar surface area (TPSA) is 42.0 Å². The molecule has 4 heteroatoms. The van der Waals surface area contributed by atoms with Gasteiger partial charge in [-0.1, -0.05) is 0 Å². The monoisotopic (exact) mass is 234 g/mol. The Kier molecular flexibility index (Phi) is 1.85. The summed E-state index contributed by atoms with van der Waals surface area (Å²) in [6.07, 6.45) is 6.42. The molecule has 1 aliphatic heterocycles. The molecule has 1 aliphatic rings. The number of nitrogens with zero attached hydrogens (tertiary/aromatic N) is 4. The zero-order valence-corrected chi connectivity index (χ0v) is 9.61. The van der Waals surface area contributed by atoms with Crippen LogP contribution in [0, 0.1) is 0 Å². The lowest BCUT2D eigenvalue weighted by Crippen LogP contribution is -2.13. The molecule has 0 bridgehead atoms. The summed E-state index contributed by atoms with van der Waals surface area (Å²) >= 11 is 0. The van der Waals surface area contributed by atoms with Crippen molar-refractivity contribution in [3.8, 4) is 0 Å². The second-order valence-corrected chi connectivity index (χ2v) is 4.36. The number of hydrogen-bond acceptors (Lipinski definition) is 3. The normalized spacial score (nSPS) is 13.4. The molecular weight excluding hydrogens is 224 g/mol. The van der Waals surface area contributed by atoms with Crippen LogP contribution < -0.4 is 5.49 Å². The van der Waals surface area contributed by atoms with Crippen molar-refractivity contribution in [3.63, 3.8) is 0 Å². The predicted molar refractivity (Wildman–Crippen MR) is 68.6 cm³/mol. The fourth-order valence-corrected chi connectivity index (χ4v) is 2.35. The van der Waals surface area contributed by atoms with Crippen LogP contribution in [-0.4, -0.2) is 15.1 Å². The van der Waals surface area contributed by atoms with Crippen LogP contribution in [0.1, 0.15) is 11.1 Å². The first-order valence-electron chi connectivity index (χ1n) is 5.85. The van der Waals surface area contributed by atoms with Crippen LogP contribution in [0.3, 0.4) is 0 Å². The molecule has 0 N–H and O–H groups in total. The Labute approximate surface area is 103 Å². The Hall–Kier alpha value is -2.49. The van der Waals surface area contributed by atoms with Crippen LogP contribution in [0.5, 0.6) is 0 Å². The van der Waals surface area contributed by atoms with Gasteiger partial charge in [0.05, 0.1) is 5.71 Å². The van der Waals surface area contributed by atoms with Gasteiger partial charge >= 0.3 is 0 Å². The number of hydrogen-bond donors (Lipinski definition) is 0. The van der Waals surface area contributed by atoms with Gasteiger partial charge in [0.2, 0.25) is 0 Å². The third-order valence-corrected chi connectivity index (χ3v) is 3.24. The first-order valence-corrected chi connectivity index (χ1v) is 5.85. The third kappa shape index (κ3) is 1.29. The Morgan fingerprint density at radius 3 is 2.83 bits per heavy atom. The zero-order chi connectivity index (χ0) is 11.9. The van der Waals surface area contributed by atoms with Crippen LogP contribution in [0.4, 0.5) is 0 Å². The minimum atomic E-state index is 0.798. The van der Waals surface area contributed by atoms with Gasteiger partial charge in [0.25, 0.3) is 0 Å². The zero-order valence-electron chi connectivity index (χ0n) is 9.61. The highest BCUT2D eigenvalue weighted by molar-refractivity contribution is 6.03. The lowest BCUT2D eigenvalue weighted by atomic mass is 10.1. The molecule has 4 heterocycles. The molecule has 0 amide bonds. The Morgan fingerprint density at radius 2 is 1.94 bits per heavy atom. The van der Waals surface area contributed by atoms with Gasteiger partial charge in [-0.25, -0.2) is 0 Å². The van der Waals surface area contributed by atoms with Crippen molar-refractivity contribution < 1.29 is 0 Å². The van der Waals surface area contributed by atoms with E-state index < -0.39 is 0 Å². The van der Waals surface area contributed by atoms with E-state index in [0.29, 0.717) is 0 Å². The van der Waals surface area contributed by atoms with Gasteiger partial charge < -0.3 is 0 Å². The molecule has 3 aromatic rings. The summed E-state index contributed by atoms with van der Waals surface area (Å²) in [5, 5.41) is 8.56. The van der Waals surface area contributed by atoms with Crippen molar-refractivity contribution in [1.29, 1.82) is 0 Å². The molecule has 0 radical (unpaired) electrons. The summed E-state index contributed by atoms with van der Waals surface area (Å²) in [5.41, 5.74) is 5.49. The van der Waals surface area contributed by atoms with E-state index in [9.17, 15) is 0 Å². The molecule has 86 valence electrons. The fraction of sp³-hybridized carbons (Fsp3) is 0.0714. The maximum Gasteiger partial charge on any atom is 0.169 e. The van der Waals surface area contributed by atoms with E-state index in [2.05, 4.69) is 31.7 Å². The smallest absolute Gasteiger partial charge is 0.169 e. The lowest BCUT2D eigenvalue weighted by Gasteiger charge is -1.99. The average Bonchev–Trinajstić information content (AvgIpc) is 3.04. The third-order valence-electron chi connectivity index (χ3n) is 3.24. The minimum absolute atomic E-state index is 0.798. The number of aromatic nitrogens is 2. The van der Waals surface area contributed by atoms with Crippen molar-refractivity contribution in [1.82, 2.24) is 9.38 Å². The molecule has 0 saturated carbocycles. The maximum atomic E-state index is 4.29. The number of fused-ring (bicyclic) bond motifs is 3. The Balaban J connectivity index is 1.76. The van der Waals surface area contributed by atoms with Gasteiger partial charge in [-0.05, 0) is 35.9 Å². The molecule has 0 spiro atoms. The summed E-state index contributed by atoms with van der Waals surface area (Å²) in [4.78, 5) is 4.02.